The number of alkyl halides is 3. The Morgan fingerprint density at radius 1 is 1.32 bits per heavy atom. The first-order valence-corrected chi connectivity index (χ1v) is 4.93. The first-order valence-electron chi connectivity index (χ1n) is 4.93. The number of nitrogens with two attached hydrogens (primary N) is 1. The molecule has 0 unspecified atom stereocenters. The van der Waals surface area contributed by atoms with E-state index in [-0.39, 0.29) is 27.4 Å². The van der Waals surface area contributed by atoms with Crippen LogP contribution in [0.1, 0.15) is 10.6 Å². The highest BCUT2D eigenvalue weighted by Crippen LogP contribution is 2.27. The third kappa shape index (κ3) is 2.04. The van der Waals surface area contributed by atoms with E-state index in [1.54, 1.807) is 0 Å². The molecule has 0 aliphatic carbocycles. The summed E-state index contributed by atoms with van der Waals surface area (Å²) in [6.45, 7) is 1.43. The van der Waals surface area contributed by atoms with Gasteiger partial charge in [-0.2, -0.15) is 18.2 Å². The van der Waals surface area contributed by atoms with E-state index in [0.29, 0.717) is 0 Å². The van der Waals surface area contributed by atoms with Crippen molar-refractivity contribution in [2.24, 2.45) is 0 Å². The molecule has 0 fully saturated rings. The van der Waals surface area contributed by atoms with Gasteiger partial charge in [-0.1, -0.05) is 0 Å². The van der Waals surface area contributed by atoms with Crippen LogP contribution in [-0.4, -0.2) is 38.7 Å². The van der Waals surface area contributed by atoms with Crippen LogP contribution in [0.15, 0.2) is 0 Å². The van der Waals surface area contributed by atoms with Crippen molar-refractivity contribution in [2.75, 3.05) is 12.8 Å². The van der Waals surface area contributed by atoms with Crippen LogP contribution in [0.3, 0.4) is 0 Å². The van der Waals surface area contributed by atoms with Crippen molar-refractivity contribution in [3.63, 3.8) is 0 Å². The lowest BCUT2D eigenvalue weighted by atomic mass is 10.4. The molecule has 0 spiro atoms. The molecule has 2 aromatic heterocycles. The van der Waals surface area contributed by atoms with Gasteiger partial charge in [0.15, 0.2) is 17.0 Å². The fourth-order valence-electron chi connectivity index (χ4n) is 1.52. The summed E-state index contributed by atoms with van der Waals surface area (Å²) in [5, 5.41) is 0. The Hall–Kier alpha value is -2.39. The van der Waals surface area contributed by atoms with E-state index in [1.165, 1.54) is 6.92 Å². The van der Waals surface area contributed by atoms with E-state index in [2.05, 4.69) is 19.7 Å². The number of halogens is 3. The predicted octanol–water partition coefficient (Wildman–Crippen LogP) is 0.928. The molecule has 0 saturated heterocycles. The van der Waals surface area contributed by atoms with Crippen molar-refractivity contribution < 1.29 is 22.7 Å². The maximum Gasteiger partial charge on any atom is 0.472 e. The Morgan fingerprint density at radius 3 is 2.47 bits per heavy atom. The van der Waals surface area contributed by atoms with Crippen LogP contribution >= 0.6 is 0 Å². The van der Waals surface area contributed by atoms with Gasteiger partial charge in [0.05, 0.1) is 7.11 Å². The molecule has 2 N–H and O–H groups in total. The summed E-state index contributed by atoms with van der Waals surface area (Å²) < 4.78 is 42.5. The number of aromatic nitrogens is 4. The number of anilines is 1. The minimum Gasteiger partial charge on any atom is -0.468 e. The Labute approximate surface area is 104 Å². The third-order valence-corrected chi connectivity index (χ3v) is 2.24. The van der Waals surface area contributed by atoms with Gasteiger partial charge in [-0.25, -0.2) is 14.5 Å². The zero-order valence-electron chi connectivity index (χ0n) is 9.82. The van der Waals surface area contributed by atoms with E-state index in [4.69, 9.17) is 5.73 Å². The third-order valence-electron chi connectivity index (χ3n) is 2.24. The number of carbonyl (C=O) groups is 1. The number of rotatable bonds is 1. The first kappa shape index (κ1) is 13.1. The highest BCUT2D eigenvalue weighted by molar-refractivity contribution is 5.95. The number of methoxy groups -OCH3 is 1. The van der Waals surface area contributed by atoms with Crippen LogP contribution in [0.4, 0.5) is 19.0 Å². The highest BCUT2D eigenvalue weighted by atomic mass is 19.4. The smallest absolute Gasteiger partial charge is 0.468 e. The zero-order chi connectivity index (χ0) is 14.4. The molecule has 0 aliphatic rings. The molecule has 2 heterocycles. The lowest BCUT2D eigenvalue weighted by molar-refractivity contribution is -0.0947. The van der Waals surface area contributed by atoms with Gasteiger partial charge in [0.1, 0.15) is 5.82 Å². The molecule has 10 heteroatoms. The van der Waals surface area contributed by atoms with Crippen LogP contribution in [0.5, 0.6) is 6.01 Å². The molecule has 0 amide bonds. The minimum atomic E-state index is -5.09. The fraction of sp³-hybridized carbons (Fsp3) is 0.333. The normalized spacial score (nSPS) is 11.8. The summed E-state index contributed by atoms with van der Waals surface area (Å²) in [5.41, 5.74) is 5.06. The van der Waals surface area contributed by atoms with Crippen molar-refractivity contribution in [1.29, 1.82) is 0 Å². The Morgan fingerprint density at radius 2 is 1.95 bits per heavy atom. The van der Waals surface area contributed by atoms with Gasteiger partial charge in [0.25, 0.3) is 0 Å². The van der Waals surface area contributed by atoms with Gasteiger partial charge in [-0.15, -0.1) is 0 Å². The number of ether oxygens (including phenoxy) is 1. The summed E-state index contributed by atoms with van der Waals surface area (Å²) >= 11 is 0. The standard InChI is InChI=1S/C9H8F3N5O2/c1-3-14-5(13)4-6(15-3)17(8(16-4)19-2)7(18)9(10,11)12/h1-2H3,(H2,13,14,15). The molecule has 0 atom stereocenters. The minimum absolute atomic E-state index is 0.115. The Bertz CT molecular complexity index is 664. The molecule has 19 heavy (non-hydrogen) atoms. The monoisotopic (exact) mass is 275 g/mol. The number of hydrogen-bond acceptors (Lipinski definition) is 6. The van der Waals surface area contributed by atoms with Gasteiger partial charge >= 0.3 is 18.1 Å². The number of hydrogen-bond donors (Lipinski definition) is 1. The Kier molecular flexibility index (Phi) is 2.80. The van der Waals surface area contributed by atoms with Gasteiger partial charge in [-0.3, -0.25) is 4.79 Å². The zero-order valence-corrected chi connectivity index (χ0v) is 9.82. The summed E-state index contributed by atoms with van der Waals surface area (Å²) in [6.07, 6.45) is -5.09. The van der Waals surface area contributed by atoms with E-state index >= 15 is 0 Å². The average molecular weight is 275 g/mol. The van der Waals surface area contributed by atoms with Gasteiger partial charge in [-0.05, 0) is 6.92 Å². The van der Waals surface area contributed by atoms with Crippen LogP contribution < -0.4 is 10.5 Å². The molecule has 0 bridgehead atoms. The van der Waals surface area contributed by atoms with E-state index in [9.17, 15) is 18.0 Å². The van der Waals surface area contributed by atoms with Gasteiger partial charge in [0, 0.05) is 0 Å². The number of nitrogen functional groups attached to an aromatic ring is 1. The van der Waals surface area contributed by atoms with Gasteiger partial charge in [0.2, 0.25) is 0 Å². The van der Waals surface area contributed by atoms with Crippen LogP contribution in [-0.2, 0) is 0 Å². The SMILES string of the molecule is COc1nc2c(N)nc(C)nc2n1C(=O)C(F)(F)F. The van der Waals surface area contributed by atoms with E-state index < -0.39 is 18.1 Å². The van der Waals surface area contributed by atoms with Crippen LogP contribution in [0.2, 0.25) is 0 Å². The van der Waals surface area contributed by atoms with Crippen LogP contribution in [0, 0.1) is 6.92 Å². The van der Waals surface area contributed by atoms with Crippen LogP contribution in [0.25, 0.3) is 11.2 Å². The van der Waals surface area contributed by atoms with Crippen molar-refractivity contribution in [3.8, 4) is 6.01 Å². The summed E-state index contributed by atoms with van der Waals surface area (Å²) in [5.74, 6) is -2.18. The lowest BCUT2D eigenvalue weighted by Gasteiger charge is -2.08. The topological polar surface area (TPSA) is 95.9 Å². The largest absolute Gasteiger partial charge is 0.472 e. The molecular formula is C9H8F3N5O2. The molecule has 2 rings (SSSR count). The van der Waals surface area contributed by atoms with Crippen molar-refractivity contribution in [2.45, 2.75) is 13.1 Å². The second-order valence-electron chi connectivity index (χ2n) is 3.57. The number of aryl methyl sites for hydroxylation is 1. The molecule has 0 saturated carbocycles. The number of fused-ring (bicyclic) bond motifs is 1. The molecule has 7 nitrogen and oxygen atoms in total. The lowest BCUT2D eigenvalue weighted by Crippen LogP contribution is -2.29. The maximum atomic E-state index is 12.5. The summed E-state index contributed by atoms with van der Waals surface area (Å²) in [4.78, 5) is 22.5. The second-order valence-corrected chi connectivity index (χ2v) is 3.57. The molecule has 0 aromatic carbocycles. The first-order chi connectivity index (χ1) is 8.75. The van der Waals surface area contributed by atoms with Crippen molar-refractivity contribution in [3.05, 3.63) is 5.82 Å². The number of carbonyl (C=O) groups excluding carboxylic acids is 1. The average Bonchev–Trinajstić information content (AvgIpc) is 2.65. The predicted molar refractivity (Wildman–Crippen MR) is 57.7 cm³/mol. The quantitative estimate of drug-likeness (QED) is 0.831. The number of imidazole rings is 1. The van der Waals surface area contributed by atoms with Crippen molar-refractivity contribution >= 4 is 22.9 Å². The second kappa shape index (κ2) is 4.07. The Balaban J connectivity index is 2.81. The van der Waals surface area contributed by atoms with Crippen molar-refractivity contribution in [1.82, 2.24) is 19.5 Å². The highest BCUT2D eigenvalue weighted by Gasteiger charge is 2.43. The van der Waals surface area contributed by atoms with Gasteiger partial charge < -0.3 is 10.5 Å². The summed E-state index contributed by atoms with van der Waals surface area (Å²) in [6, 6.07) is -0.552. The molecule has 102 valence electrons. The maximum absolute atomic E-state index is 12.5. The molecular weight excluding hydrogens is 267 g/mol. The fourth-order valence-corrected chi connectivity index (χ4v) is 1.52. The molecule has 0 radical (unpaired) electrons. The molecule has 2 aromatic rings. The van der Waals surface area contributed by atoms with E-state index in [0.717, 1.165) is 7.11 Å². The number of nitrogens with zero attached hydrogens (tertiary/aromatic N) is 4. The van der Waals surface area contributed by atoms with E-state index in [1.807, 2.05) is 0 Å². The molecule has 0 aliphatic heterocycles. The summed E-state index contributed by atoms with van der Waals surface area (Å²) in [7, 11) is 1.08.